The summed E-state index contributed by atoms with van der Waals surface area (Å²) in [5.41, 5.74) is 5.22. The number of rotatable bonds is 3. The maximum absolute atomic E-state index is 2.45. The van der Waals surface area contributed by atoms with Crippen molar-refractivity contribution < 1.29 is 0 Å². The minimum Gasteiger partial charge on any atom is -0.0622 e. The summed E-state index contributed by atoms with van der Waals surface area (Å²) >= 11 is 4.91. The van der Waals surface area contributed by atoms with E-state index in [1.807, 2.05) is 0 Å². The van der Waals surface area contributed by atoms with Gasteiger partial charge in [-0.2, -0.15) is 0 Å². The average molecular weight is 486 g/mol. The van der Waals surface area contributed by atoms with Gasteiger partial charge in [0.2, 0.25) is 0 Å². The molecule has 0 unspecified atom stereocenters. The largest absolute Gasteiger partial charge is 0.0622 e. The third-order valence-corrected chi connectivity index (χ3v) is 6.99. The van der Waals surface area contributed by atoms with E-state index in [1.165, 1.54) is 29.4 Å². The highest BCUT2D eigenvalue weighted by Gasteiger charge is 2.09. The van der Waals surface area contributed by atoms with Crippen molar-refractivity contribution in [3.05, 3.63) is 79.0 Å². The standard InChI is InChI=1S/C18H16I2/c1-13(15-9-5-3-6-10-15)17(19)18(20)14(2)16-11-7-4-8-12-16/h3-12H,1-2H3/b17-13+,18-14+. The molecule has 0 aliphatic carbocycles. The number of halogens is 2. The van der Waals surface area contributed by atoms with Crippen molar-refractivity contribution in [2.24, 2.45) is 0 Å². The van der Waals surface area contributed by atoms with Crippen LogP contribution in [0.2, 0.25) is 0 Å². The molecule has 0 aliphatic heterocycles. The zero-order chi connectivity index (χ0) is 14.5. The summed E-state index contributed by atoms with van der Waals surface area (Å²) in [7, 11) is 0. The highest BCUT2D eigenvalue weighted by atomic mass is 127. The summed E-state index contributed by atoms with van der Waals surface area (Å²) in [6.45, 7) is 4.38. The molecule has 0 nitrogen and oxygen atoms in total. The Bertz CT molecular complexity index is 578. The third-order valence-electron chi connectivity index (χ3n) is 3.26. The quantitative estimate of drug-likeness (QED) is 0.334. The molecule has 0 saturated carbocycles. The molecule has 0 fully saturated rings. The predicted octanol–water partition coefficient (Wildman–Crippen LogP) is 6.72. The second-order valence-electron chi connectivity index (χ2n) is 4.61. The summed E-state index contributed by atoms with van der Waals surface area (Å²) in [6.07, 6.45) is 0. The van der Waals surface area contributed by atoms with Crippen molar-refractivity contribution in [1.29, 1.82) is 0 Å². The van der Waals surface area contributed by atoms with Gasteiger partial charge >= 0.3 is 0 Å². The lowest BCUT2D eigenvalue weighted by Gasteiger charge is -2.10. The lowest BCUT2D eigenvalue weighted by Crippen LogP contribution is -1.87. The van der Waals surface area contributed by atoms with E-state index in [1.54, 1.807) is 0 Å². The van der Waals surface area contributed by atoms with Crippen molar-refractivity contribution in [2.75, 3.05) is 0 Å². The van der Waals surface area contributed by atoms with Gasteiger partial charge in [-0.05, 0) is 81.3 Å². The molecule has 0 aliphatic rings. The second-order valence-corrected chi connectivity index (χ2v) is 6.77. The van der Waals surface area contributed by atoms with Crippen LogP contribution in [0.3, 0.4) is 0 Å². The van der Waals surface area contributed by atoms with E-state index in [0.29, 0.717) is 0 Å². The van der Waals surface area contributed by atoms with E-state index < -0.39 is 0 Å². The third kappa shape index (κ3) is 3.73. The van der Waals surface area contributed by atoms with Gasteiger partial charge in [0.25, 0.3) is 0 Å². The van der Waals surface area contributed by atoms with Crippen LogP contribution in [-0.2, 0) is 0 Å². The Balaban J connectivity index is 2.44. The Morgan fingerprint density at radius 2 is 0.900 bits per heavy atom. The van der Waals surface area contributed by atoms with Crippen LogP contribution >= 0.6 is 45.2 Å². The smallest absolute Gasteiger partial charge is 0.0301 e. The van der Waals surface area contributed by atoms with E-state index in [9.17, 15) is 0 Å². The Morgan fingerprint density at radius 1 is 0.600 bits per heavy atom. The fourth-order valence-corrected chi connectivity index (χ4v) is 3.39. The van der Waals surface area contributed by atoms with Crippen LogP contribution in [0.15, 0.2) is 67.8 Å². The molecule has 0 N–H and O–H groups in total. The Labute approximate surface area is 148 Å². The van der Waals surface area contributed by atoms with Crippen molar-refractivity contribution in [3.63, 3.8) is 0 Å². The van der Waals surface area contributed by atoms with Gasteiger partial charge in [-0.25, -0.2) is 0 Å². The van der Waals surface area contributed by atoms with Crippen molar-refractivity contribution in [1.82, 2.24) is 0 Å². The zero-order valence-electron chi connectivity index (χ0n) is 11.5. The topological polar surface area (TPSA) is 0 Å². The molecular weight excluding hydrogens is 470 g/mol. The molecule has 0 amide bonds. The first kappa shape index (κ1) is 15.8. The highest BCUT2D eigenvalue weighted by Crippen LogP contribution is 2.37. The monoisotopic (exact) mass is 486 g/mol. The molecule has 2 aromatic carbocycles. The predicted molar refractivity (Wildman–Crippen MR) is 106 cm³/mol. The molecule has 2 aromatic rings. The van der Waals surface area contributed by atoms with Gasteiger partial charge in [0, 0.05) is 7.16 Å². The number of hydrogen-bond donors (Lipinski definition) is 0. The molecule has 0 spiro atoms. The molecule has 0 radical (unpaired) electrons. The minimum atomic E-state index is 1.28. The van der Waals surface area contributed by atoms with Gasteiger partial charge in [0.05, 0.1) is 0 Å². The van der Waals surface area contributed by atoms with Gasteiger partial charge < -0.3 is 0 Å². The number of allylic oxidation sites excluding steroid dienone is 4. The van der Waals surface area contributed by atoms with E-state index in [4.69, 9.17) is 0 Å². The SMILES string of the molecule is C/C(=C(I)/C(I)=C(/C)c1ccccc1)c1ccccc1. The molecule has 0 heterocycles. The maximum Gasteiger partial charge on any atom is 0.0301 e. The minimum absolute atomic E-state index is 1.28. The Kier molecular flexibility index (Phi) is 5.84. The lowest BCUT2D eigenvalue weighted by molar-refractivity contribution is 1.54. The first-order valence-electron chi connectivity index (χ1n) is 6.45. The molecular formula is C18H16I2. The summed E-state index contributed by atoms with van der Waals surface area (Å²) in [5, 5.41) is 0. The molecule has 20 heavy (non-hydrogen) atoms. The van der Waals surface area contributed by atoms with E-state index >= 15 is 0 Å². The summed E-state index contributed by atoms with van der Waals surface area (Å²) in [4.78, 5) is 0. The van der Waals surface area contributed by atoms with Crippen LogP contribution in [0.25, 0.3) is 11.1 Å². The number of benzene rings is 2. The van der Waals surface area contributed by atoms with Gasteiger partial charge in [-0.1, -0.05) is 60.7 Å². The van der Waals surface area contributed by atoms with Crippen LogP contribution < -0.4 is 0 Å². The molecule has 2 rings (SSSR count). The van der Waals surface area contributed by atoms with Crippen LogP contribution in [0, 0.1) is 0 Å². The zero-order valence-corrected chi connectivity index (χ0v) is 15.8. The van der Waals surface area contributed by atoms with Crippen LogP contribution in [0.4, 0.5) is 0 Å². The average Bonchev–Trinajstić information content (AvgIpc) is 2.53. The van der Waals surface area contributed by atoms with Gasteiger partial charge in [0.1, 0.15) is 0 Å². The first-order valence-corrected chi connectivity index (χ1v) is 8.61. The lowest BCUT2D eigenvalue weighted by atomic mass is 10.0. The molecule has 0 aromatic heterocycles. The van der Waals surface area contributed by atoms with Crippen molar-refractivity contribution in [3.8, 4) is 0 Å². The van der Waals surface area contributed by atoms with E-state index in [2.05, 4.69) is 120 Å². The molecule has 0 saturated heterocycles. The van der Waals surface area contributed by atoms with E-state index in [-0.39, 0.29) is 0 Å². The molecule has 2 heteroatoms. The maximum atomic E-state index is 2.45. The van der Waals surface area contributed by atoms with Gasteiger partial charge in [-0.15, -0.1) is 0 Å². The molecule has 0 bridgehead atoms. The summed E-state index contributed by atoms with van der Waals surface area (Å²) in [6, 6.07) is 21.1. The van der Waals surface area contributed by atoms with Crippen LogP contribution in [0.5, 0.6) is 0 Å². The van der Waals surface area contributed by atoms with Crippen LogP contribution in [0.1, 0.15) is 25.0 Å². The van der Waals surface area contributed by atoms with E-state index in [0.717, 1.165) is 0 Å². The molecule has 102 valence electrons. The van der Waals surface area contributed by atoms with Crippen molar-refractivity contribution >= 4 is 56.3 Å². The first-order chi connectivity index (χ1) is 9.61. The van der Waals surface area contributed by atoms with Gasteiger partial charge in [-0.3, -0.25) is 0 Å². The highest BCUT2D eigenvalue weighted by molar-refractivity contribution is 14.1. The van der Waals surface area contributed by atoms with Crippen molar-refractivity contribution in [2.45, 2.75) is 13.8 Å². The fourth-order valence-electron chi connectivity index (χ4n) is 1.96. The fraction of sp³-hybridized carbons (Fsp3) is 0.111. The van der Waals surface area contributed by atoms with Gasteiger partial charge in [0.15, 0.2) is 0 Å². The second kappa shape index (κ2) is 7.41. The Morgan fingerprint density at radius 3 is 1.20 bits per heavy atom. The summed E-state index contributed by atoms with van der Waals surface area (Å²) < 4.78 is 2.63. The molecule has 0 atom stereocenters. The van der Waals surface area contributed by atoms with Crippen LogP contribution in [-0.4, -0.2) is 0 Å². The summed E-state index contributed by atoms with van der Waals surface area (Å²) in [5.74, 6) is 0. The normalized spacial score (nSPS) is 13.6. The number of hydrogen-bond acceptors (Lipinski definition) is 0. The Hall–Kier alpha value is -0.620.